The number of amides is 1. The van der Waals surface area contributed by atoms with Crippen molar-refractivity contribution in [3.8, 4) is 5.75 Å². The topological polar surface area (TPSA) is 72.6 Å². The second-order valence-electron chi connectivity index (χ2n) is 7.73. The lowest BCUT2D eigenvalue weighted by atomic mass is 9.62. The van der Waals surface area contributed by atoms with Crippen molar-refractivity contribution in [1.82, 2.24) is 4.90 Å². The van der Waals surface area contributed by atoms with Crippen LogP contribution in [0.1, 0.15) is 25.8 Å². The Kier molecular flexibility index (Phi) is 4.31. The number of likely N-dealkylation sites (tertiary alicyclic amines) is 1. The van der Waals surface area contributed by atoms with Gasteiger partial charge in [0.1, 0.15) is 5.75 Å². The van der Waals surface area contributed by atoms with Gasteiger partial charge in [-0.05, 0) is 30.7 Å². The fourth-order valence-electron chi connectivity index (χ4n) is 4.05. The Morgan fingerprint density at radius 2 is 2.04 bits per heavy atom. The zero-order valence-corrected chi connectivity index (χ0v) is 15.5. The van der Waals surface area contributed by atoms with Gasteiger partial charge in [-0.25, -0.2) is 0 Å². The summed E-state index contributed by atoms with van der Waals surface area (Å²) in [5.74, 6) is 0.668. The van der Waals surface area contributed by atoms with Crippen LogP contribution in [-0.2, 0) is 16.0 Å². The van der Waals surface area contributed by atoms with Crippen molar-refractivity contribution in [2.45, 2.75) is 26.7 Å². The maximum Gasteiger partial charge on any atom is 0.227 e. The number of halogens is 1. The van der Waals surface area contributed by atoms with Gasteiger partial charge >= 0.3 is 0 Å². The molecule has 1 aliphatic carbocycles. The summed E-state index contributed by atoms with van der Waals surface area (Å²) in [4.78, 5) is 26.6. The lowest BCUT2D eigenvalue weighted by Gasteiger charge is -2.53. The lowest BCUT2D eigenvalue weighted by Crippen LogP contribution is -2.61. The van der Waals surface area contributed by atoms with E-state index in [1.165, 1.54) is 0 Å². The molecule has 0 atom stereocenters. The Morgan fingerprint density at radius 1 is 1.36 bits per heavy atom. The van der Waals surface area contributed by atoms with Crippen molar-refractivity contribution >= 4 is 23.3 Å². The van der Waals surface area contributed by atoms with Crippen molar-refractivity contribution in [2.75, 3.05) is 20.2 Å². The molecule has 0 radical (unpaired) electrons. The molecule has 2 N–H and O–H groups in total. The number of ether oxygens (including phenoxy) is 1. The molecule has 6 heteroatoms. The fraction of sp³-hybridized carbons (Fsp3) is 0.474. The Balaban J connectivity index is 1.70. The zero-order valence-electron chi connectivity index (χ0n) is 14.8. The van der Waals surface area contributed by atoms with Crippen LogP contribution in [0.5, 0.6) is 5.75 Å². The molecule has 1 aromatic rings. The number of hydrogen-bond donors (Lipinski definition) is 1. The highest BCUT2D eigenvalue weighted by Gasteiger charge is 2.51. The van der Waals surface area contributed by atoms with Crippen molar-refractivity contribution in [3.05, 3.63) is 40.6 Å². The molecule has 1 aromatic carbocycles. The van der Waals surface area contributed by atoms with Crippen molar-refractivity contribution in [3.63, 3.8) is 0 Å². The van der Waals surface area contributed by atoms with Crippen LogP contribution >= 0.6 is 11.6 Å². The number of methoxy groups -OCH3 is 1. The number of Topliss-reactive ketones (excluding diaryl/α,β-unsaturated/α-hetero) is 1. The van der Waals surface area contributed by atoms with E-state index in [-0.39, 0.29) is 23.5 Å². The number of nitrogens with zero attached hydrogens (tertiary/aromatic N) is 1. The van der Waals surface area contributed by atoms with E-state index in [1.807, 2.05) is 19.9 Å². The Morgan fingerprint density at radius 3 is 2.64 bits per heavy atom. The number of ketones is 1. The van der Waals surface area contributed by atoms with E-state index >= 15 is 0 Å². The third-order valence-corrected chi connectivity index (χ3v) is 5.32. The first kappa shape index (κ1) is 17.8. The molecule has 134 valence electrons. The SMILES string of the molecule is COc1ccc(Cl)cc1CC(=O)N1CC2(C=C(N)C(=O)C(C)(C)C2)C1. The number of carbonyl (C=O) groups excluding carboxylic acids is 2. The molecular weight excluding hydrogens is 340 g/mol. The third-order valence-electron chi connectivity index (χ3n) is 5.08. The van der Waals surface area contributed by atoms with Crippen molar-refractivity contribution in [1.29, 1.82) is 0 Å². The Bertz CT molecular complexity index is 764. The van der Waals surface area contributed by atoms with E-state index in [2.05, 4.69) is 0 Å². The average Bonchev–Trinajstić information content (AvgIpc) is 2.49. The molecule has 0 aromatic heterocycles. The van der Waals surface area contributed by atoms with Gasteiger partial charge in [0.15, 0.2) is 5.78 Å². The van der Waals surface area contributed by atoms with Gasteiger partial charge in [-0.3, -0.25) is 9.59 Å². The molecule has 0 unspecified atom stereocenters. The summed E-state index contributed by atoms with van der Waals surface area (Å²) in [6, 6.07) is 5.26. The monoisotopic (exact) mass is 362 g/mol. The predicted molar refractivity (Wildman–Crippen MR) is 96.4 cm³/mol. The van der Waals surface area contributed by atoms with Crippen LogP contribution in [0.25, 0.3) is 0 Å². The highest BCUT2D eigenvalue weighted by atomic mass is 35.5. The zero-order chi connectivity index (χ0) is 18.4. The number of carbonyl (C=O) groups is 2. The van der Waals surface area contributed by atoms with E-state index < -0.39 is 5.41 Å². The van der Waals surface area contributed by atoms with E-state index in [4.69, 9.17) is 22.1 Å². The quantitative estimate of drug-likeness (QED) is 0.896. The highest BCUT2D eigenvalue weighted by molar-refractivity contribution is 6.30. The first-order valence-corrected chi connectivity index (χ1v) is 8.67. The first-order chi connectivity index (χ1) is 11.7. The molecule has 1 heterocycles. The van der Waals surface area contributed by atoms with E-state index in [9.17, 15) is 9.59 Å². The number of hydrogen-bond acceptors (Lipinski definition) is 4. The van der Waals surface area contributed by atoms with Gasteiger partial charge in [0.05, 0.1) is 19.2 Å². The number of rotatable bonds is 3. The van der Waals surface area contributed by atoms with Gasteiger partial charge in [-0.1, -0.05) is 25.4 Å². The van der Waals surface area contributed by atoms with E-state index in [0.29, 0.717) is 36.0 Å². The summed E-state index contributed by atoms with van der Waals surface area (Å²) in [5.41, 5.74) is 6.34. The molecule has 2 aliphatic rings. The molecule has 25 heavy (non-hydrogen) atoms. The van der Waals surface area contributed by atoms with Gasteiger partial charge in [0, 0.05) is 34.5 Å². The maximum absolute atomic E-state index is 12.6. The fourth-order valence-corrected chi connectivity index (χ4v) is 4.25. The molecule has 5 nitrogen and oxygen atoms in total. The van der Waals surface area contributed by atoms with Gasteiger partial charge in [0.25, 0.3) is 0 Å². The van der Waals surface area contributed by atoms with Gasteiger partial charge < -0.3 is 15.4 Å². The molecule has 1 aliphatic heterocycles. The first-order valence-electron chi connectivity index (χ1n) is 8.29. The lowest BCUT2D eigenvalue weighted by molar-refractivity contribution is -0.143. The van der Waals surface area contributed by atoms with E-state index in [0.717, 1.165) is 5.56 Å². The Hall–Kier alpha value is -2.01. The van der Waals surface area contributed by atoms with Gasteiger partial charge in [0.2, 0.25) is 5.91 Å². The smallest absolute Gasteiger partial charge is 0.227 e. The Labute approximate surface area is 152 Å². The molecule has 1 amide bonds. The van der Waals surface area contributed by atoms with Crippen LogP contribution in [0.3, 0.4) is 0 Å². The predicted octanol–water partition coefficient (Wildman–Crippen LogP) is 2.56. The minimum Gasteiger partial charge on any atom is -0.496 e. The van der Waals surface area contributed by atoms with Crippen LogP contribution < -0.4 is 10.5 Å². The summed E-state index contributed by atoms with van der Waals surface area (Å²) >= 11 is 6.03. The van der Waals surface area contributed by atoms with Gasteiger partial charge in [-0.15, -0.1) is 0 Å². The molecule has 1 fully saturated rings. The molecule has 3 rings (SSSR count). The largest absolute Gasteiger partial charge is 0.496 e. The second-order valence-corrected chi connectivity index (χ2v) is 8.17. The molecule has 0 saturated carbocycles. The summed E-state index contributed by atoms with van der Waals surface area (Å²) < 4.78 is 5.30. The minimum absolute atomic E-state index is 0.00781. The number of benzene rings is 1. The van der Waals surface area contributed by atoms with Crippen molar-refractivity contribution < 1.29 is 14.3 Å². The number of nitrogens with two attached hydrogens (primary N) is 1. The maximum atomic E-state index is 12.6. The third kappa shape index (κ3) is 3.25. The standard InChI is InChI=1S/C19H23ClN2O3/c1-18(2)9-19(8-14(21)17(18)24)10-22(11-19)16(23)7-12-6-13(20)4-5-15(12)25-3/h4-6,8H,7,9-11,21H2,1-3H3. The van der Waals surface area contributed by atoms with Crippen LogP contribution in [0.2, 0.25) is 5.02 Å². The molecular formula is C19H23ClN2O3. The van der Waals surface area contributed by atoms with Crippen molar-refractivity contribution in [2.24, 2.45) is 16.6 Å². The van der Waals surface area contributed by atoms with E-state index in [1.54, 1.807) is 30.2 Å². The summed E-state index contributed by atoms with van der Waals surface area (Å²) in [6.07, 6.45) is 2.80. The molecule has 0 bridgehead atoms. The average molecular weight is 363 g/mol. The summed E-state index contributed by atoms with van der Waals surface area (Å²) in [5, 5.41) is 0.576. The minimum atomic E-state index is -0.482. The second kappa shape index (κ2) is 6.06. The van der Waals surface area contributed by atoms with Crippen LogP contribution in [0.15, 0.2) is 30.0 Å². The molecule has 1 saturated heterocycles. The van der Waals surface area contributed by atoms with Gasteiger partial charge in [-0.2, -0.15) is 0 Å². The normalized spacial score (nSPS) is 20.9. The van der Waals surface area contributed by atoms with Crippen LogP contribution in [-0.4, -0.2) is 36.8 Å². The highest BCUT2D eigenvalue weighted by Crippen LogP contribution is 2.47. The van der Waals surface area contributed by atoms with Crippen LogP contribution in [0, 0.1) is 10.8 Å². The summed E-state index contributed by atoms with van der Waals surface area (Å²) in [6.45, 7) is 5.01. The van der Waals surface area contributed by atoms with Crippen LogP contribution in [0.4, 0.5) is 0 Å². The molecule has 1 spiro atoms. The summed E-state index contributed by atoms with van der Waals surface area (Å²) in [7, 11) is 1.57. The number of allylic oxidation sites excluding steroid dienone is 1.